The predicted molar refractivity (Wildman–Crippen MR) is 211 cm³/mol. The Balaban J connectivity index is 0.000000404. The van der Waals surface area contributed by atoms with Crippen LogP contribution >= 0.6 is 0 Å². The Morgan fingerprint density at radius 2 is 1.12 bits per heavy atom. The van der Waals surface area contributed by atoms with Gasteiger partial charge < -0.3 is 35.6 Å². The molecule has 0 unspecified atom stereocenters. The van der Waals surface area contributed by atoms with Gasteiger partial charge in [0.2, 0.25) is 29.5 Å². The first-order chi connectivity index (χ1) is 27.4. The van der Waals surface area contributed by atoms with Crippen LogP contribution in [-0.2, 0) is 51.1 Å². The SMILES string of the molecule is CC[C@H](C)[C@H](NC(=O)[C@H](C)NC(=O)Cc1cccc([N+](=O)[O-])c1)C(=O)N1CCOCC1.CC[C@H](C)[C@H](NC(=O)[C@H](C)NC(=O)Cc1cccc([N+](=O)[O-])c1)C(=O)OC. The van der Waals surface area contributed by atoms with E-state index in [2.05, 4.69) is 21.3 Å². The minimum Gasteiger partial charge on any atom is -0.467 e. The Kier molecular flexibility index (Phi) is 19.9. The first kappa shape index (κ1) is 48.2. The molecule has 1 aliphatic heterocycles. The number of hydrogen-bond donors (Lipinski definition) is 4. The highest BCUT2D eigenvalue weighted by Gasteiger charge is 2.32. The van der Waals surface area contributed by atoms with Crippen molar-refractivity contribution >= 4 is 46.9 Å². The highest BCUT2D eigenvalue weighted by molar-refractivity contribution is 5.93. The third-order valence-electron chi connectivity index (χ3n) is 9.58. The molecule has 0 spiro atoms. The lowest BCUT2D eigenvalue weighted by Gasteiger charge is -2.33. The van der Waals surface area contributed by atoms with E-state index in [1.807, 2.05) is 27.7 Å². The summed E-state index contributed by atoms with van der Waals surface area (Å²) in [7, 11) is 1.24. The molecular formula is C39H55N7O12. The van der Waals surface area contributed by atoms with E-state index >= 15 is 0 Å². The van der Waals surface area contributed by atoms with Crippen molar-refractivity contribution in [1.82, 2.24) is 26.2 Å². The van der Waals surface area contributed by atoms with E-state index in [-0.39, 0.29) is 42.0 Å². The number of benzene rings is 2. The lowest BCUT2D eigenvalue weighted by atomic mass is 9.97. The predicted octanol–water partition coefficient (Wildman–Crippen LogP) is 2.38. The number of methoxy groups -OCH3 is 1. The molecule has 0 saturated carbocycles. The van der Waals surface area contributed by atoms with Gasteiger partial charge in [-0.1, -0.05) is 64.8 Å². The van der Waals surface area contributed by atoms with Gasteiger partial charge in [0, 0.05) is 37.4 Å². The smallest absolute Gasteiger partial charge is 0.328 e. The molecule has 0 radical (unpaired) electrons. The summed E-state index contributed by atoms with van der Waals surface area (Å²) >= 11 is 0. The average molecular weight is 814 g/mol. The highest BCUT2D eigenvalue weighted by Crippen LogP contribution is 2.16. The molecule has 58 heavy (non-hydrogen) atoms. The van der Waals surface area contributed by atoms with Gasteiger partial charge in [0.15, 0.2) is 0 Å². The monoisotopic (exact) mass is 813 g/mol. The van der Waals surface area contributed by atoms with E-state index in [0.29, 0.717) is 50.3 Å². The Bertz CT molecular complexity index is 1770. The van der Waals surface area contributed by atoms with Gasteiger partial charge >= 0.3 is 5.97 Å². The largest absolute Gasteiger partial charge is 0.467 e. The molecule has 1 heterocycles. The molecule has 2 aromatic rings. The van der Waals surface area contributed by atoms with Gasteiger partial charge in [-0.15, -0.1) is 0 Å². The zero-order valence-electron chi connectivity index (χ0n) is 34.0. The van der Waals surface area contributed by atoms with Crippen molar-refractivity contribution in [2.75, 3.05) is 33.4 Å². The topological polar surface area (TPSA) is 259 Å². The summed E-state index contributed by atoms with van der Waals surface area (Å²) in [5, 5.41) is 32.1. The number of non-ortho nitro benzene ring substituents is 2. The maximum absolute atomic E-state index is 12.9. The van der Waals surface area contributed by atoms with E-state index in [0.717, 1.165) is 0 Å². The summed E-state index contributed by atoms with van der Waals surface area (Å²) in [5.74, 6) is -2.79. The molecule has 5 amide bonds. The third kappa shape index (κ3) is 15.5. The van der Waals surface area contributed by atoms with Crippen molar-refractivity contribution in [3.63, 3.8) is 0 Å². The number of esters is 1. The molecule has 0 aliphatic carbocycles. The minimum atomic E-state index is -0.882. The van der Waals surface area contributed by atoms with Gasteiger partial charge in [0.1, 0.15) is 24.2 Å². The molecule has 4 N–H and O–H groups in total. The highest BCUT2D eigenvalue weighted by atomic mass is 16.6. The maximum Gasteiger partial charge on any atom is 0.328 e. The summed E-state index contributed by atoms with van der Waals surface area (Å²) in [6.07, 6.45) is 1.16. The Morgan fingerprint density at radius 1 is 0.707 bits per heavy atom. The van der Waals surface area contributed by atoms with Crippen LogP contribution < -0.4 is 21.3 Å². The van der Waals surface area contributed by atoms with Crippen molar-refractivity contribution in [2.45, 2.75) is 91.4 Å². The number of ether oxygens (including phenoxy) is 2. The fourth-order valence-electron chi connectivity index (χ4n) is 5.66. The van der Waals surface area contributed by atoms with E-state index in [1.165, 1.54) is 57.4 Å². The fourth-order valence-corrected chi connectivity index (χ4v) is 5.66. The number of nitrogens with zero attached hydrogens (tertiary/aromatic N) is 3. The number of nitro groups is 2. The van der Waals surface area contributed by atoms with Crippen LogP contribution in [0.2, 0.25) is 0 Å². The Morgan fingerprint density at radius 3 is 1.52 bits per heavy atom. The van der Waals surface area contributed by atoms with Crippen molar-refractivity contribution < 1.29 is 48.1 Å². The molecule has 0 aromatic heterocycles. The van der Waals surface area contributed by atoms with E-state index in [9.17, 15) is 49.0 Å². The summed E-state index contributed by atoms with van der Waals surface area (Å²) in [5.41, 5.74) is 0.718. The molecule has 318 valence electrons. The summed E-state index contributed by atoms with van der Waals surface area (Å²) in [6.45, 7) is 12.5. The second-order valence-corrected chi connectivity index (χ2v) is 14.0. The van der Waals surface area contributed by atoms with Gasteiger partial charge in [-0.25, -0.2) is 4.79 Å². The summed E-state index contributed by atoms with van der Waals surface area (Å²) < 4.78 is 9.99. The quantitative estimate of drug-likeness (QED) is 0.0961. The first-order valence-corrected chi connectivity index (χ1v) is 19.0. The molecule has 6 atom stereocenters. The zero-order chi connectivity index (χ0) is 43.5. The number of nitrogens with one attached hydrogen (secondary N) is 4. The zero-order valence-corrected chi connectivity index (χ0v) is 34.0. The lowest BCUT2D eigenvalue weighted by molar-refractivity contribution is -0.385. The number of morpholine rings is 1. The van der Waals surface area contributed by atoms with E-state index in [1.54, 1.807) is 17.0 Å². The van der Waals surface area contributed by atoms with Crippen molar-refractivity contribution in [1.29, 1.82) is 0 Å². The van der Waals surface area contributed by atoms with Crippen LogP contribution in [0.3, 0.4) is 0 Å². The molecule has 1 saturated heterocycles. The third-order valence-corrected chi connectivity index (χ3v) is 9.58. The van der Waals surface area contributed by atoms with Gasteiger partial charge in [-0.2, -0.15) is 0 Å². The first-order valence-electron chi connectivity index (χ1n) is 19.0. The molecular weight excluding hydrogens is 758 g/mol. The average Bonchev–Trinajstić information content (AvgIpc) is 3.21. The van der Waals surface area contributed by atoms with Crippen molar-refractivity contribution in [2.24, 2.45) is 11.8 Å². The number of amides is 5. The number of carbonyl (C=O) groups excluding carboxylic acids is 6. The number of hydrogen-bond acceptors (Lipinski definition) is 12. The van der Waals surface area contributed by atoms with Crippen LogP contribution in [0.25, 0.3) is 0 Å². The standard InChI is InChI=1S/C21H30N4O6.C18H25N3O6/c1-4-14(2)19(21(28)24-8-10-31-11-9-24)23-20(27)15(3)22-18(26)13-16-6-5-7-17(12-16)25(29)30;1-5-11(2)16(18(24)27-4)20-17(23)12(3)19-15(22)10-13-7-6-8-14(9-13)21(25)26/h5-7,12,14-15,19H,4,8-11,13H2,1-3H3,(H,22,26)(H,23,27);6-9,11-12,16H,5,10H2,1-4H3,(H,19,22)(H,20,23)/t14-,15-,19-;11-,12-,16-/m00/s1. The maximum atomic E-state index is 12.9. The van der Waals surface area contributed by atoms with Crippen LogP contribution in [-0.4, -0.2) is 108 Å². The van der Waals surface area contributed by atoms with Crippen LogP contribution in [0, 0.1) is 32.1 Å². The lowest BCUT2D eigenvalue weighted by Crippen LogP contribution is -2.57. The molecule has 0 bridgehead atoms. The summed E-state index contributed by atoms with van der Waals surface area (Å²) in [4.78, 5) is 96.5. The van der Waals surface area contributed by atoms with E-state index < -0.39 is 63.6 Å². The Hall–Kier alpha value is -5.98. The Labute approximate surface area is 337 Å². The van der Waals surface area contributed by atoms with Crippen LogP contribution in [0.5, 0.6) is 0 Å². The second kappa shape index (κ2) is 23.9. The molecule has 1 aliphatic rings. The van der Waals surface area contributed by atoms with Crippen molar-refractivity contribution in [3.8, 4) is 0 Å². The van der Waals surface area contributed by atoms with Crippen LogP contribution in [0.4, 0.5) is 11.4 Å². The van der Waals surface area contributed by atoms with Crippen LogP contribution in [0.15, 0.2) is 48.5 Å². The number of rotatable bonds is 18. The second-order valence-electron chi connectivity index (χ2n) is 14.0. The van der Waals surface area contributed by atoms with Gasteiger partial charge in [0.25, 0.3) is 11.4 Å². The minimum absolute atomic E-state index is 0.0768. The van der Waals surface area contributed by atoms with Crippen molar-refractivity contribution in [3.05, 3.63) is 79.9 Å². The fraction of sp³-hybridized carbons (Fsp3) is 0.538. The van der Waals surface area contributed by atoms with Gasteiger partial charge in [0.05, 0.1) is 43.0 Å². The molecule has 1 fully saturated rings. The molecule has 2 aromatic carbocycles. The van der Waals surface area contributed by atoms with E-state index in [4.69, 9.17) is 9.47 Å². The number of carbonyl (C=O) groups is 6. The molecule has 3 rings (SSSR count). The normalized spacial score (nSPS) is 15.3. The van der Waals surface area contributed by atoms with Gasteiger partial charge in [-0.05, 0) is 36.8 Å². The molecule has 19 nitrogen and oxygen atoms in total. The summed E-state index contributed by atoms with van der Waals surface area (Å²) in [6, 6.07) is 8.26. The van der Waals surface area contributed by atoms with Crippen LogP contribution in [0.1, 0.15) is 65.5 Å². The van der Waals surface area contributed by atoms with Gasteiger partial charge in [-0.3, -0.25) is 44.2 Å². The molecule has 19 heteroatoms. The number of nitro benzene ring substituents is 2.